The summed E-state index contributed by atoms with van der Waals surface area (Å²) in [5.74, 6) is 0.833. The summed E-state index contributed by atoms with van der Waals surface area (Å²) < 4.78 is 0. The monoisotopic (exact) mass is 94.1 g/mol. The molecule has 0 amide bonds. The maximum atomic E-state index is 5.20. The van der Waals surface area contributed by atoms with E-state index in [1.807, 2.05) is 0 Å². The largest absolute Gasteiger partial charge is 0.349 e. The van der Waals surface area contributed by atoms with Crippen molar-refractivity contribution >= 4 is 0 Å². The van der Waals surface area contributed by atoms with Crippen molar-refractivity contribution in [2.75, 3.05) is 0 Å². The number of hydrogen-bond donors (Lipinski definition) is 1. The molecule has 0 unspecified atom stereocenters. The number of imidazole rings is 1. The number of nitrogens with zero attached hydrogens (tertiary/aromatic N) is 1. The highest BCUT2D eigenvalue weighted by atomic mass is 14.9. The summed E-state index contributed by atoms with van der Waals surface area (Å²) in [4.78, 5) is 6.70. The molecule has 1 heterocycles. The first-order valence-electron chi connectivity index (χ1n) is 2.12. The maximum Gasteiger partial charge on any atom is 0.106 e. The summed E-state index contributed by atoms with van der Waals surface area (Å²) in [6, 6.07) is 0. The molecule has 0 bridgehead atoms. The molecule has 2 radical (unpaired) electrons. The topological polar surface area (TPSA) is 28.7 Å². The third kappa shape index (κ3) is 0.796. The zero-order valence-corrected chi connectivity index (χ0v) is 3.89. The molecule has 0 saturated heterocycles. The SMILES string of the molecule is [CH]Cc1ncc[nH]1. The second kappa shape index (κ2) is 1.78. The van der Waals surface area contributed by atoms with Crippen LogP contribution < -0.4 is 0 Å². The zero-order chi connectivity index (χ0) is 5.11. The molecule has 0 aliphatic carbocycles. The zero-order valence-electron chi connectivity index (χ0n) is 3.89. The standard InChI is InChI=1S/C5H6N2/c1-2-5-6-3-4-7-5/h1,3-4H,2H2,(H,6,7). The van der Waals surface area contributed by atoms with Crippen molar-refractivity contribution in [3.05, 3.63) is 25.1 Å². The van der Waals surface area contributed by atoms with Crippen LogP contribution in [-0.2, 0) is 6.42 Å². The van der Waals surface area contributed by atoms with Gasteiger partial charge in [-0.3, -0.25) is 0 Å². The minimum absolute atomic E-state index is 0.493. The Morgan fingerprint density at radius 3 is 3.00 bits per heavy atom. The summed E-state index contributed by atoms with van der Waals surface area (Å²) in [7, 11) is 0. The molecule has 0 saturated carbocycles. The van der Waals surface area contributed by atoms with Gasteiger partial charge in [0.2, 0.25) is 0 Å². The molecule has 0 spiro atoms. The van der Waals surface area contributed by atoms with E-state index in [9.17, 15) is 0 Å². The summed E-state index contributed by atoms with van der Waals surface area (Å²) >= 11 is 0. The van der Waals surface area contributed by atoms with E-state index in [0.717, 1.165) is 5.82 Å². The highest BCUT2D eigenvalue weighted by Gasteiger charge is 1.83. The quantitative estimate of drug-likeness (QED) is 0.544. The number of H-pyrrole nitrogens is 1. The van der Waals surface area contributed by atoms with Crippen LogP contribution in [0.5, 0.6) is 0 Å². The number of hydrogen-bond acceptors (Lipinski definition) is 1. The van der Waals surface area contributed by atoms with E-state index in [2.05, 4.69) is 9.97 Å². The smallest absolute Gasteiger partial charge is 0.106 e. The van der Waals surface area contributed by atoms with Gasteiger partial charge in [0.1, 0.15) is 5.82 Å². The molecule has 0 aliphatic rings. The molecule has 1 aromatic heterocycles. The Kier molecular flexibility index (Phi) is 1.11. The van der Waals surface area contributed by atoms with Gasteiger partial charge in [-0.25, -0.2) is 4.98 Å². The Bertz CT molecular complexity index is 121. The minimum atomic E-state index is 0.493. The second-order valence-electron chi connectivity index (χ2n) is 1.24. The molecule has 0 fully saturated rings. The lowest BCUT2D eigenvalue weighted by molar-refractivity contribution is 1.06. The Morgan fingerprint density at radius 1 is 1.86 bits per heavy atom. The lowest BCUT2D eigenvalue weighted by atomic mass is 10.5. The first kappa shape index (κ1) is 4.37. The molecule has 1 aromatic rings. The van der Waals surface area contributed by atoms with Crippen LogP contribution in [0.3, 0.4) is 0 Å². The molecule has 2 heteroatoms. The van der Waals surface area contributed by atoms with Crippen molar-refractivity contribution in [1.82, 2.24) is 9.97 Å². The van der Waals surface area contributed by atoms with Crippen LogP contribution in [-0.4, -0.2) is 9.97 Å². The molecule has 36 valence electrons. The van der Waals surface area contributed by atoms with Crippen molar-refractivity contribution in [3.8, 4) is 0 Å². The van der Waals surface area contributed by atoms with Crippen LogP contribution in [0.2, 0.25) is 0 Å². The molecular formula is C5H6N2. The minimum Gasteiger partial charge on any atom is -0.349 e. The lowest BCUT2D eigenvalue weighted by Crippen LogP contribution is -1.79. The molecule has 0 aromatic carbocycles. The molecule has 0 atom stereocenters. The Morgan fingerprint density at radius 2 is 2.71 bits per heavy atom. The van der Waals surface area contributed by atoms with Crippen LogP contribution >= 0.6 is 0 Å². The number of aromatic nitrogens is 2. The fraction of sp³-hybridized carbons (Fsp3) is 0.200. The van der Waals surface area contributed by atoms with Crippen LogP contribution in [0, 0.1) is 6.92 Å². The first-order valence-corrected chi connectivity index (χ1v) is 2.12. The van der Waals surface area contributed by atoms with Crippen LogP contribution in [0.15, 0.2) is 12.4 Å². The van der Waals surface area contributed by atoms with Gasteiger partial charge in [0.05, 0.1) is 0 Å². The molecule has 7 heavy (non-hydrogen) atoms. The number of rotatable bonds is 1. The van der Waals surface area contributed by atoms with Crippen molar-refractivity contribution in [2.45, 2.75) is 6.42 Å². The summed E-state index contributed by atoms with van der Waals surface area (Å²) in [5.41, 5.74) is 0. The van der Waals surface area contributed by atoms with Crippen LogP contribution in [0.4, 0.5) is 0 Å². The molecule has 0 aliphatic heterocycles. The van der Waals surface area contributed by atoms with Crippen molar-refractivity contribution in [1.29, 1.82) is 0 Å². The molecule has 1 rings (SSSR count). The van der Waals surface area contributed by atoms with Gasteiger partial charge < -0.3 is 4.98 Å². The van der Waals surface area contributed by atoms with E-state index in [0.29, 0.717) is 6.42 Å². The Hall–Kier alpha value is -0.790. The predicted octanol–water partition coefficient (Wildman–Crippen LogP) is 0.663. The van der Waals surface area contributed by atoms with Gasteiger partial charge >= 0.3 is 0 Å². The summed E-state index contributed by atoms with van der Waals surface area (Å²) in [6.07, 6.45) is 3.93. The summed E-state index contributed by atoms with van der Waals surface area (Å²) in [5, 5.41) is 0. The summed E-state index contributed by atoms with van der Waals surface area (Å²) in [6.45, 7) is 5.20. The Balaban J connectivity index is 2.76. The van der Waals surface area contributed by atoms with E-state index in [-0.39, 0.29) is 0 Å². The molecule has 2 nitrogen and oxygen atoms in total. The van der Waals surface area contributed by atoms with Crippen LogP contribution in [0.1, 0.15) is 5.82 Å². The first-order chi connectivity index (χ1) is 3.43. The van der Waals surface area contributed by atoms with Gasteiger partial charge in [0.25, 0.3) is 0 Å². The van der Waals surface area contributed by atoms with Crippen molar-refractivity contribution < 1.29 is 0 Å². The molecular weight excluding hydrogens is 88.1 g/mol. The average molecular weight is 94.1 g/mol. The van der Waals surface area contributed by atoms with E-state index in [1.54, 1.807) is 12.4 Å². The van der Waals surface area contributed by atoms with E-state index in [4.69, 9.17) is 6.92 Å². The van der Waals surface area contributed by atoms with Gasteiger partial charge in [0, 0.05) is 18.8 Å². The fourth-order valence-corrected chi connectivity index (χ4v) is 0.410. The maximum absolute atomic E-state index is 5.20. The third-order valence-corrected chi connectivity index (χ3v) is 0.748. The normalized spacial score (nSPS) is 9.29. The van der Waals surface area contributed by atoms with Gasteiger partial charge in [-0.05, 0) is 6.92 Å². The Labute approximate surface area is 42.6 Å². The predicted molar refractivity (Wildman–Crippen MR) is 26.6 cm³/mol. The van der Waals surface area contributed by atoms with E-state index in [1.165, 1.54) is 0 Å². The van der Waals surface area contributed by atoms with Gasteiger partial charge in [0.15, 0.2) is 0 Å². The van der Waals surface area contributed by atoms with Crippen molar-refractivity contribution in [2.24, 2.45) is 0 Å². The van der Waals surface area contributed by atoms with E-state index >= 15 is 0 Å². The lowest BCUT2D eigenvalue weighted by Gasteiger charge is -1.79. The van der Waals surface area contributed by atoms with Gasteiger partial charge in [-0.1, -0.05) is 0 Å². The van der Waals surface area contributed by atoms with E-state index < -0.39 is 0 Å². The molecule has 1 N–H and O–H groups in total. The number of aromatic amines is 1. The second-order valence-corrected chi connectivity index (χ2v) is 1.24. The van der Waals surface area contributed by atoms with Gasteiger partial charge in [-0.15, -0.1) is 0 Å². The van der Waals surface area contributed by atoms with Crippen molar-refractivity contribution in [3.63, 3.8) is 0 Å². The highest BCUT2D eigenvalue weighted by molar-refractivity contribution is 4.87. The fourth-order valence-electron chi connectivity index (χ4n) is 0.410. The number of nitrogens with one attached hydrogen (secondary N) is 1. The van der Waals surface area contributed by atoms with Gasteiger partial charge in [-0.2, -0.15) is 0 Å². The average Bonchev–Trinajstić information content (AvgIpc) is 2.14. The third-order valence-electron chi connectivity index (χ3n) is 0.748. The highest BCUT2D eigenvalue weighted by Crippen LogP contribution is 1.85. The van der Waals surface area contributed by atoms with Crippen LogP contribution in [0.25, 0.3) is 0 Å².